The summed E-state index contributed by atoms with van der Waals surface area (Å²) in [5.74, 6) is 0.201. The number of aliphatic hydroxyl groups is 1. The minimum Gasteiger partial charge on any atom is -0.496 e. The third-order valence-electron chi connectivity index (χ3n) is 5.79. The van der Waals surface area contributed by atoms with Crippen LogP contribution in [0.4, 0.5) is 9.59 Å². The maximum Gasteiger partial charge on any atom is 0.411 e. The Balaban J connectivity index is 1.98. The first kappa shape index (κ1) is 29.2. The molecule has 12 nitrogen and oxygen atoms in total. The van der Waals surface area contributed by atoms with Gasteiger partial charge in [-0.3, -0.25) is 4.90 Å². The van der Waals surface area contributed by atoms with E-state index in [2.05, 4.69) is 24.5 Å². The zero-order valence-corrected chi connectivity index (χ0v) is 23.0. The summed E-state index contributed by atoms with van der Waals surface area (Å²) < 4.78 is 33.0. The van der Waals surface area contributed by atoms with Crippen molar-refractivity contribution in [1.82, 2.24) is 10.2 Å². The van der Waals surface area contributed by atoms with Crippen LogP contribution >= 0.6 is 12.6 Å². The summed E-state index contributed by atoms with van der Waals surface area (Å²) in [5, 5.41) is 13.5. The number of fused-ring (bicyclic) bond motifs is 3. The van der Waals surface area contributed by atoms with E-state index in [9.17, 15) is 19.5 Å². The molecule has 1 aromatic carbocycles. The lowest BCUT2D eigenvalue weighted by Gasteiger charge is -2.40. The number of β-amino-alcohol motifs (C(OH)–C–C–N with tert-alkyl or cyclic N) is 1. The molecule has 0 saturated carbocycles. The van der Waals surface area contributed by atoms with Crippen LogP contribution in [0.2, 0.25) is 0 Å². The summed E-state index contributed by atoms with van der Waals surface area (Å²) in [5.41, 5.74) is 0.560. The number of ether oxygens (including phenoxy) is 6. The monoisotopic (exact) mass is 554 g/mol. The van der Waals surface area contributed by atoms with Crippen LogP contribution in [0, 0.1) is 6.92 Å². The fraction of sp³-hybridized carbons (Fsp3) is 0.560. The number of alkyl carbamates (subject to hydrolysis) is 1. The number of methoxy groups -OCH3 is 1. The molecule has 0 radical (unpaired) electrons. The highest BCUT2D eigenvalue weighted by atomic mass is 32.1. The molecule has 3 atom stereocenters. The molecule has 0 aliphatic carbocycles. The van der Waals surface area contributed by atoms with E-state index in [4.69, 9.17) is 28.4 Å². The van der Waals surface area contributed by atoms with Crippen molar-refractivity contribution in [2.75, 3.05) is 39.4 Å². The maximum absolute atomic E-state index is 13.2. The van der Waals surface area contributed by atoms with Gasteiger partial charge in [-0.05, 0) is 27.7 Å². The highest BCUT2D eigenvalue weighted by molar-refractivity contribution is 7.80. The normalized spacial score (nSPS) is 18.7. The number of aliphatic hydroxyl groups excluding tert-OH is 1. The van der Waals surface area contributed by atoms with Crippen molar-refractivity contribution >= 4 is 30.8 Å². The second kappa shape index (κ2) is 12.0. The Morgan fingerprint density at radius 1 is 1.24 bits per heavy atom. The van der Waals surface area contributed by atoms with Gasteiger partial charge >= 0.3 is 18.2 Å². The highest BCUT2D eigenvalue weighted by Crippen LogP contribution is 2.53. The number of hydrogen-bond donors (Lipinski definition) is 3. The summed E-state index contributed by atoms with van der Waals surface area (Å²) in [7, 11) is 1.46. The lowest BCUT2D eigenvalue weighted by atomic mass is 9.87. The predicted molar refractivity (Wildman–Crippen MR) is 138 cm³/mol. The molecule has 0 spiro atoms. The van der Waals surface area contributed by atoms with E-state index in [-0.39, 0.29) is 32.3 Å². The zero-order valence-electron chi connectivity index (χ0n) is 22.1. The summed E-state index contributed by atoms with van der Waals surface area (Å²) in [6.45, 7) is 9.72. The number of hydrogen-bond acceptors (Lipinski definition) is 11. The Hall–Kier alpha value is -3.32. The van der Waals surface area contributed by atoms with Gasteiger partial charge in [-0.15, -0.1) is 0 Å². The molecule has 2 aliphatic rings. The molecule has 210 valence electrons. The minimum absolute atomic E-state index is 0.0410. The van der Waals surface area contributed by atoms with E-state index in [0.29, 0.717) is 33.9 Å². The van der Waals surface area contributed by atoms with Gasteiger partial charge in [-0.1, -0.05) is 12.7 Å². The first-order valence-electron chi connectivity index (χ1n) is 11.9. The van der Waals surface area contributed by atoms with Crippen molar-refractivity contribution in [1.29, 1.82) is 0 Å². The Morgan fingerprint density at radius 2 is 1.92 bits per heavy atom. The standard InChI is InChI=1S/C25H34N2O10S/c1-7-8-33-23(30)26-14(11-38)22(29)34-10-15-17-18(16(28)9-27(15)24(31)37-25(3,4)5)19(32-6)13(2)20-21(17)36-12-35-20/h7,14-16,28,38H,1,8-12H2,2-6H3,(H,26,30)/t14-,15-,16+/m0/s1. The van der Waals surface area contributed by atoms with Gasteiger partial charge in [0, 0.05) is 22.4 Å². The van der Waals surface area contributed by atoms with Crippen LogP contribution in [0.25, 0.3) is 0 Å². The van der Waals surface area contributed by atoms with Gasteiger partial charge in [0.05, 0.1) is 19.7 Å². The van der Waals surface area contributed by atoms with Gasteiger partial charge < -0.3 is 38.8 Å². The van der Waals surface area contributed by atoms with Crippen LogP contribution in [0.5, 0.6) is 17.2 Å². The topological polar surface area (TPSA) is 142 Å². The van der Waals surface area contributed by atoms with Crippen molar-refractivity contribution in [3.05, 3.63) is 29.3 Å². The fourth-order valence-electron chi connectivity index (χ4n) is 4.25. The van der Waals surface area contributed by atoms with E-state index in [1.807, 2.05) is 0 Å². The van der Waals surface area contributed by atoms with E-state index in [0.717, 1.165) is 0 Å². The van der Waals surface area contributed by atoms with Crippen molar-refractivity contribution < 1.29 is 47.9 Å². The molecule has 13 heteroatoms. The molecule has 0 bridgehead atoms. The van der Waals surface area contributed by atoms with Crippen LogP contribution in [-0.2, 0) is 19.0 Å². The molecule has 0 saturated heterocycles. The number of carbonyl (C=O) groups is 3. The summed E-state index contributed by atoms with van der Waals surface area (Å²) in [4.78, 5) is 39.3. The van der Waals surface area contributed by atoms with Gasteiger partial charge in [0.1, 0.15) is 36.7 Å². The van der Waals surface area contributed by atoms with Crippen LogP contribution in [0.3, 0.4) is 0 Å². The van der Waals surface area contributed by atoms with Gasteiger partial charge in [0.25, 0.3) is 0 Å². The molecule has 0 fully saturated rings. The van der Waals surface area contributed by atoms with E-state index < -0.39 is 41.9 Å². The summed E-state index contributed by atoms with van der Waals surface area (Å²) >= 11 is 4.12. The number of nitrogens with zero attached hydrogens (tertiary/aromatic N) is 1. The lowest BCUT2D eigenvalue weighted by molar-refractivity contribution is -0.147. The molecule has 2 amide bonds. The summed E-state index contributed by atoms with van der Waals surface area (Å²) in [6, 6.07) is -2.07. The van der Waals surface area contributed by atoms with Crippen molar-refractivity contribution in [3.8, 4) is 17.2 Å². The van der Waals surface area contributed by atoms with E-state index in [1.165, 1.54) is 18.1 Å². The Kier molecular flexibility index (Phi) is 9.26. The molecule has 3 rings (SSSR count). The molecular formula is C25H34N2O10S. The second-order valence-corrected chi connectivity index (χ2v) is 9.98. The van der Waals surface area contributed by atoms with Crippen molar-refractivity contribution in [2.24, 2.45) is 0 Å². The molecule has 2 heterocycles. The molecule has 2 aliphatic heterocycles. The highest BCUT2D eigenvalue weighted by Gasteiger charge is 2.45. The Bertz CT molecular complexity index is 1090. The first-order valence-corrected chi connectivity index (χ1v) is 12.6. The molecule has 0 aromatic heterocycles. The Morgan fingerprint density at radius 3 is 2.53 bits per heavy atom. The number of carbonyl (C=O) groups excluding carboxylic acids is 3. The zero-order chi connectivity index (χ0) is 28.2. The predicted octanol–water partition coefficient (Wildman–Crippen LogP) is 2.81. The third kappa shape index (κ3) is 6.21. The maximum atomic E-state index is 13.2. The van der Waals surface area contributed by atoms with Gasteiger partial charge in [0.2, 0.25) is 6.79 Å². The van der Waals surface area contributed by atoms with E-state index in [1.54, 1.807) is 27.7 Å². The number of esters is 1. The summed E-state index contributed by atoms with van der Waals surface area (Å²) in [6.07, 6.45) is -1.34. The quantitative estimate of drug-likeness (QED) is 0.190. The van der Waals surface area contributed by atoms with Crippen molar-refractivity contribution in [3.63, 3.8) is 0 Å². The number of thiol groups is 1. The average Bonchev–Trinajstić information content (AvgIpc) is 3.34. The number of nitrogens with one attached hydrogen (secondary N) is 1. The fourth-order valence-corrected chi connectivity index (χ4v) is 4.49. The van der Waals surface area contributed by atoms with Crippen LogP contribution in [0.15, 0.2) is 12.7 Å². The number of rotatable bonds is 8. The lowest BCUT2D eigenvalue weighted by Crippen LogP contribution is -2.48. The molecule has 2 N–H and O–H groups in total. The third-order valence-corrected chi connectivity index (χ3v) is 6.16. The smallest absolute Gasteiger partial charge is 0.411 e. The largest absolute Gasteiger partial charge is 0.496 e. The van der Waals surface area contributed by atoms with E-state index >= 15 is 0 Å². The first-order chi connectivity index (χ1) is 17.9. The average molecular weight is 555 g/mol. The molecule has 38 heavy (non-hydrogen) atoms. The molecule has 1 aromatic rings. The number of benzene rings is 1. The van der Waals surface area contributed by atoms with Crippen molar-refractivity contribution in [2.45, 2.75) is 51.5 Å². The number of amides is 2. The van der Waals surface area contributed by atoms with Crippen LogP contribution in [-0.4, -0.2) is 79.2 Å². The van der Waals surface area contributed by atoms with Gasteiger partial charge in [0.15, 0.2) is 11.5 Å². The molecular weight excluding hydrogens is 520 g/mol. The second-order valence-electron chi connectivity index (χ2n) is 9.61. The van der Waals surface area contributed by atoms with Gasteiger partial charge in [-0.2, -0.15) is 12.6 Å². The van der Waals surface area contributed by atoms with Crippen LogP contribution < -0.4 is 19.5 Å². The minimum atomic E-state index is -1.15. The van der Waals surface area contributed by atoms with Gasteiger partial charge in [-0.25, -0.2) is 14.4 Å². The SMILES string of the molecule is C=CCOC(=O)N[C@@H](CS)C(=O)OC[C@H]1c2c3c(c(C)c(OC)c2[C@H](O)CN1C(=O)OC(C)(C)C)OCO3. The van der Waals surface area contributed by atoms with Crippen LogP contribution in [0.1, 0.15) is 49.6 Å². The molecule has 0 unspecified atom stereocenters. The Labute approximate surface area is 226 Å².